The van der Waals surface area contributed by atoms with Gasteiger partial charge in [-0.3, -0.25) is 10.2 Å². The Morgan fingerprint density at radius 1 is 0.938 bits per heavy atom. The first-order chi connectivity index (χ1) is 15.1. The SMILES string of the molecule is Cl.N=C(N)C1(C(=O)Cc2ccc(CCCCCCCCOCC3CCCCC3)cc2)CC1. The third-order valence-corrected chi connectivity index (χ3v) is 7.27. The van der Waals surface area contributed by atoms with Gasteiger partial charge in [-0.25, -0.2) is 0 Å². The van der Waals surface area contributed by atoms with E-state index in [1.165, 1.54) is 76.2 Å². The third-order valence-electron chi connectivity index (χ3n) is 7.27. The number of carbonyl (C=O) groups excluding carboxylic acids is 1. The maximum atomic E-state index is 12.4. The van der Waals surface area contributed by atoms with Crippen molar-refractivity contribution in [2.45, 2.75) is 96.3 Å². The Morgan fingerprint density at radius 3 is 2.16 bits per heavy atom. The van der Waals surface area contributed by atoms with Crippen LogP contribution in [0.25, 0.3) is 0 Å². The summed E-state index contributed by atoms with van der Waals surface area (Å²) in [5.74, 6) is 0.979. The number of hydrogen-bond donors (Lipinski definition) is 2. The van der Waals surface area contributed by atoms with Crippen molar-refractivity contribution in [1.29, 1.82) is 5.41 Å². The van der Waals surface area contributed by atoms with E-state index < -0.39 is 5.41 Å². The molecule has 3 N–H and O–H groups in total. The minimum atomic E-state index is -0.639. The van der Waals surface area contributed by atoms with Crippen LogP contribution >= 0.6 is 12.4 Å². The van der Waals surface area contributed by atoms with Gasteiger partial charge in [0.05, 0.1) is 5.41 Å². The maximum Gasteiger partial charge on any atom is 0.150 e. The molecular weight excluding hydrogens is 420 g/mol. The van der Waals surface area contributed by atoms with Crippen molar-refractivity contribution in [2.75, 3.05) is 13.2 Å². The summed E-state index contributed by atoms with van der Waals surface area (Å²) in [7, 11) is 0. The van der Waals surface area contributed by atoms with Crippen molar-refractivity contribution in [1.82, 2.24) is 0 Å². The van der Waals surface area contributed by atoms with Crippen molar-refractivity contribution in [3.05, 3.63) is 35.4 Å². The van der Waals surface area contributed by atoms with E-state index in [1.807, 2.05) is 0 Å². The number of Topliss-reactive ketones (excluding diaryl/α,β-unsaturated/α-hetero) is 1. The number of nitrogens with one attached hydrogen (secondary N) is 1. The predicted octanol–water partition coefficient (Wildman–Crippen LogP) is 6.42. The lowest BCUT2D eigenvalue weighted by atomic mass is 9.90. The van der Waals surface area contributed by atoms with Crippen LogP contribution in [0.1, 0.15) is 94.6 Å². The van der Waals surface area contributed by atoms with Crippen LogP contribution in [0.5, 0.6) is 0 Å². The molecule has 0 amide bonds. The van der Waals surface area contributed by atoms with Crippen LogP contribution in [0.2, 0.25) is 0 Å². The minimum Gasteiger partial charge on any atom is -0.387 e. The highest BCUT2D eigenvalue weighted by molar-refractivity contribution is 6.09. The number of ketones is 1. The Balaban J connectivity index is 0.00000363. The van der Waals surface area contributed by atoms with Gasteiger partial charge in [0.25, 0.3) is 0 Å². The molecule has 0 bridgehead atoms. The van der Waals surface area contributed by atoms with Gasteiger partial charge in [0.2, 0.25) is 0 Å². The Hall–Kier alpha value is -1.39. The van der Waals surface area contributed by atoms with Crippen molar-refractivity contribution in [2.24, 2.45) is 17.1 Å². The zero-order valence-corrected chi connectivity index (χ0v) is 20.5. The summed E-state index contributed by atoms with van der Waals surface area (Å²) in [6, 6.07) is 8.44. The van der Waals surface area contributed by atoms with Crippen molar-refractivity contribution in [3.8, 4) is 0 Å². The number of nitrogens with two attached hydrogens (primary N) is 1. The van der Waals surface area contributed by atoms with E-state index in [1.54, 1.807) is 0 Å². The molecule has 0 aromatic heterocycles. The average molecular weight is 463 g/mol. The standard InChI is InChI=1S/C27H42N2O2.ClH/c28-26(29)27(17-18-27)25(30)20-23-15-13-22(14-16-23)10-6-3-1-2-4-9-19-31-21-24-11-7-5-8-12-24;/h13-16,24H,1-12,17-21H2,(H3,28,29);1H. The molecular formula is C27H43ClN2O2. The average Bonchev–Trinajstić information content (AvgIpc) is 3.59. The maximum absolute atomic E-state index is 12.4. The number of aryl methyl sites for hydroxylation is 1. The highest BCUT2D eigenvalue weighted by Gasteiger charge is 2.52. The smallest absolute Gasteiger partial charge is 0.150 e. The highest BCUT2D eigenvalue weighted by Crippen LogP contribution is 2.47. The number of hydrogen-bond acceptors (Lipinski definition) is 3. The second-order valence-corrected chi connectivity index (χ2v) is 9.86. The number of halogens is 1. The molecule has 0 spiro atoms. The molecule has 32 heavy (non-hydrogen) atoms. The Kier molecular flexibility index (Phi) is 11.7. The fraction of sp³-hybridized carbons (Fsp3) is 0.704. The number of amidine groups is 1. The second-order valence-electron chi connectivity index (χ2n) is 9.86. The third kappa shape index (κ3) is 8.51. The first kappa shape index (κ1) is 26.9. The summed E-state index contributed by atoms with van der Waals surface area (Å²) in [4.78, 5) is 12.4. The molecule has 2 aliphatic carbocycles. The van der Waals surface area contributed by atoms with Crippen LogP contribution in [-0.4, -0.2) is 24.8 Å². The van der Waals surface area contributed by atoms with Crippen molar-refractivity contribution >= 4 is 24.0 Å². The lowest BCUT2D eigenvalue weighted by molar-refractivity contribution is -0.121. The van der Waals surface area contributed by atoms with E-state index in [9.17, 15) is 4.79 Å². The van der Waals surface area contributed by atoms with Crippen LogP contribution in [-0.2, 0) is 22.4 Å². The van der Waals surface area contributed by atoms with Crippen LogP contribution in [0.15, 0.2) is 24.3 Å². The van der Waals surface area contributed by atoms with Gasteiger partial charge in [-0.1, -0.05) is 69.2 Å². The van der Waals surface area contributed by atoms with Gasteiger partial charge in [-0.15, -0.1) is 12.4 Å². The summed E-state index contributed by atoms with van der Waals surface area (Å²) < 4.78 is 5.89. The minimum absolute atomic E-state index is 0. The summed E-state index contributed by atoms with van der Waals surface area (Å²) in [6.07, 6.45) is 17.6. The second kappa shape index (κ2) is 14.0. The topological polar surface area (TPSA) is 76.2 Å². The van der Waals surface area contributed by atoms with Crippen LogP contribution < -0.4 is 5.73 Å². The van der Waals surface area contributed by atoms with E-state index in [0.29, 0.717) is 6.42 Å². The van der Waals surface area contributed by atoms with Crippen molar-refractivity contribution in [3.63, 3.8) is 0 Å². The van der Waals surface area contributed by atoms with E-state index in [2.05, 4.69) is 24.3 Å². The molecule has 1 aromatic rings. The Labute approximate surface area is 201 Å². The molecule has 180 valence electrons. The van der Waals surface area contributed by atoms with Gasteiger partial charge in [0.15, 0.2) is 5.78 Å². The van der Waals surface area contributed by atoms with E-state index in [4.69, 9.17) is 15.9 Å². The molecule has 4 nitrogen and oxygen atoms in total. The quantitative estimate of drug-likeness (QED) is 0.179. The van der Waals surface area contributed by atoms with Gasteiger partial charge < -0.3 is 10.5 Å². The summed E-state index contributed by atoms with van der Waals surface area (Å²) >= 11 is 0. The lowest BCUT2D eigenvalue weighted by Crippen LogP contribution is -2.32. The highest BCUT2D eigenvalue weighted by atomic mass is 35.5. The number of carbonyl (C=O) groups is 1. The number of ether oxygens (including phenoxy) is 1. The summed E-state index contributed by atoms with van der Waals surface area (Å²) in [6.45, 7) is 1.93. The van der Waals surface area contributed by atoms with Gasteiger partial charge in [0, 0.05) is 19.6 Å². The Morgan fingerprint density at radius 2 is 1.53 bits per heavy atom. The van der Waals surface area contributed by atoms with E-state index >= 15 is 0 Å². The largest absolute Gasteiger partial charge is 0.387 e. The zero-order chi connectivity index (χ0) is 21.9. The molecule has 2 fully saturated rings. The first-order valence-electron chi connectivity index (χ1n) is 12.6. The molecule has 3 rings (SSSR count). The number of benzene rings is 1. The normalized spacial score (nSPS) is 17.5. The van der Waals surface area contributed by atoms with E-state index in [0.717, 1.165) is 44.0 Å². The molecule has 0 radical (unpaired) electrons. The fourth-order valence-electron chi connectivity index (χ4n) is 4.85. The number of unbranched alkanes of at least 4 members (excludes halogenated alkanes) is 5. The molecule has 0 aliphatic heterocycles. The van der Waals surface area contributed by atoms with Gasteiger partial charge in [0.1, 0.15) is 5.84 Å². The molecule has 5 heteroatoms. The zero-order valence-electron chi connectivity index (χ0n) is 19.7. The van der Waals surface area contributed by atoms with E-state index in [-0.39, 0.29) is 24.0 Å². The molecule has 0 atom stereocenters. The van der Waals surface area contributed by atoms with Crippen LogP contribution in [0, 0.1) is 16.7 Å². The fourth-order valence-corrected chi connectivity index (χ4v) is 4.85. The van der Waals surface area contributed by atoms with Crippen LogP contribution in [0.3, 0.4) is 0 Å². The molecule has 0 unspecified atom stereocenters. The monoisotopic (exact) mass is 462 g/mol. The Bertz CT molecular complexity index is 694. The molecule has 1 aromatic carbocycles. The summed E-state index contributed by atoms with van der Waals surface area (Å²) in [5.41, 5.74) is 7.36. The van der Waals surface area contributed by atoms with Gasteiger partial charge >= 0.3 is 0 Å². The summed E-state index contributed by atoms with van der Waals surface area (Å²) in [5, 5.41) is 7.65. The molecule has 2 saturated carbocycles. The van der Waals surface area contributed by atoms with Crippen molar-refractivity contribution < 1.29 is 9.53 Å². The van der Waals surface area contributed by atoms with Gasteiger partial charge in [-0.2, -0.15) is 0 Å². The molecule has 0 saturated heterocycles. The molecule has 0 heterocycles. The predicted molar refractivity (Wildman–Crippen MR) is 135 cm³/mol. The van der Waals surface area contributed by atoms with Crippen LogP contribution in [0.4, 0.5) is 0 Å². The number of rotatable bonds is 15. The first-order valence-corrected chi connectivity index (χ1v) is 12.6. The van der Waals surface area contributed by atoms with Gasteiger partial charge in [-0.05, 0) is 62.0 Å². The lowest BCUT2D eigenvalue weighted by Gasteiger charge is -2.21. The molecule has 2 aliphatic rings.